The van der Waals surface area contributed by atoms with Crippen molar-refractivity contribution >= 4 is 39.0 Å². The van der Waals surface area contributed by atoms with E-state index in [2.05, 4.69) is 41.3 Å². The van der Waals surface area contributed by atoms with Crippen LogP contribution in [-0.2, 0) is 0 Å². The number of fused-ring (bicyclic) bond motifs is 1. The Hall–Kier alpha value is -2.57. The molecule has 142 valence electrons. The number of nitrogen functional groups attached to an aromatic ring is 2. The molecule has 27 heavy (non-hydrogen) atoms. The van der Waals surface area contributed by atoms with E-state index >= 15 is 0 Å². The third kappa shape index (κ3) is 3.91. The molecule has 0 unspecified atom stereocenters. The summed E-state index contributed by atoms with van der Waals surface area (Å²) in [4.78, 5) is 6.79. The molecular weight excluding hydrogens is 356 g/mol. The molecule has 3 aromatic rings. The highest BCUT2D eigenvalue weighted by Crippen LogP contribution is 2.40. The van der Waals surface area contributed by atoms with Crippen molar-refractivity contribution in [1.29, 1.82) is 0 Å². The SMILES string of the molecule is CCN(CC)CC=Cc1cnc(N)c2c(-c3ccc(N)c(OC)c3)csc12. The van der Waals surface area contributed by atoms with Crippen LogP contribution in [0.2, 0.25) is 0 Å². The summed E-state index contributed by atoms with van der Waals surface area (Å²) in [6.07, 6.45) is 6.17. The van der Waals surface area contributed by atoms with Crippen molar-refractivity contribution in [2.75, 3.05) is 38.2 Å². The molecule has 0 saturated heterocycles. The number of anilines is 2. The standard InChI is InChI=1S/C21H26N4OS/c1-4-25(5-2)10-6-7-15-12-24-21(23)19-16(13-27-20(15)19)14-8-9-17(22)18(11-14)26-3/h6-9,11-13H,4-5,10,22H2,1-3H3,(H2,23,24). The third-order valence-corrected chi connectivity index (χ3v) is 5.78. The van der Waals surface area contributed by atoms with Crippen LogP contribution in [0.1, 0.15) is 19.4 Å². The molecule has 0 fully saturated rings. The van der Waals surface area contributed by atoms with Crippen molar-refractivity contribution in [3.05, 3.63) is 41.4 Å². The van der Waals surface area contributed by atoms with Crippen LogP contribution in [0.25, 0.3) is 27.3 Å². The van der Waals surface area contributed by atoms with Crippen molar-refractivity contribution in [1.82, 2.24) is 9.88 Å². The van der Waals surface area contributed by atoms with Crippen LogP contribution >= 0.6 is 11.3 Å². The van der Waals surface area contributed by atoms with Gasteiger partial charge in [0.15, 0.2) is 0 Å². The van der Waals surface area contributed by atoms with Crippen LogP contribution in [0.5, 0.6) is 5.75 Å². The summed E-state index contributed by atoms with van der Waals surface area (Å²) in [6, 6.07) is 5.79. The molecule has 2 aromatic heterocycles. The fourth-order valence-electron chi connectivity index (χ4n) is 3.11. The van der Waals surface area contributed by atoms with Gasteiger partial charge in [-0.1, -0.05) is 32.1 Å². The van der Waals surface area contributed by atoms with Crippen LogP contribution < -0.4 is 16.2 Å². The van der Waals surface area contributed by atoms with Gasteiger partial charge in [-0.25, -0.2) is 4.98 Å². The van der Waals surface area contributed by atoms with Gasteiger partial charge in [-0.05, 0) is 36.2 Å². The van der Waals surface area contributed by atoms with Crippen LogP contribution in [0, 0.1) is 0 Å². The van der Waals surface area contributed by atoms with E-state index < -0.39 is 0 Å². The maximum Gasteiger partial charge on any atom is 0.142 e. The summed E-state index contributed by atoms with van der Waals surface area (Å²) in [5, 5.41) is 3.10. The van der Waals surface area contributed by atoms with Gasteiger partial charge in [0, 0.05) is 34.0 Å². The number of pyridine rings is 1. The molecule has 0 spiro atoms. The van der Waals surface area contributed by atoms with Crippen molar-refractivity contribution in [2.24, 2.45) is 0 Å². The summed E-state index contributed by atoms with van der Waals surface area (Å²) in [5.41, 5.74) is 16.0. The monoisotopic (exact) mass is 382 g/mol. The average Bonchev–Trinajstić information content (AvgIpc) is 3.13. The lowest BCUT2D eigenvalue weighted by molar-refractivity contribution is 0.338. The molecule has 3 rings (SSSR count). The van der Waals surface area contributed by atoms with Crippen molar-refractivity contribution in [3.63, 3.8) is 0 Å². The molecular formula is C21H26N4OS. The van der Waals surface area contributed by atoms with Gasteiger partial charge in [0.2, 0.25) is 0 Å². The first-order valence-corrected chi connectivity index (χ1v) is 9.95. The van der Waals surface area contributed by atoms with E-state index in [1.807, 2.05) is 24.4 Å². The summed E-state index contributed by atoms with van der Waals surface area (Å²) in [5.74, 6) is 1.20. The Kier molecular flexibility index (Phi) is 5.98. The number of hydrogen-bond donors (Lipinski definition) is 2. The summed E-state index contributed by atoms with van der Waals surface area (Å²) in [6.45, 7) is 7.35. The zero-order valence-corrected chi connectivity index (χ0v) is 16.8. The lowest BCUT2D eigenvalue weighted by atomic mass is 10.0. The molecule has 0 saturated carbocycles. The van der Waals surface area contributed by atoms with Gasteiger partial charge in [-0.3, -0.25) is 0 Å². The Morgan fingerprint density at radius 2 is 2.00 bits per heavy atom. The fourth-order valence-corrected chi connectivity index (χ4v) is 4.19. The molecule has 0 aliphatic heterocycles. The average molecular weight is 383 g/mol. The smallest absolute Gasteiger partial charge is 0.142 e. The predicted molar refractivity (Wildman–Crippen MR) is 117 cm³/mol. The number of rotatable bonds is 7. The van der Waals surface area contributed by atoms with E-state index in [9.17, 15) is 0 Å². The Morgan fingerprint density at radius 3 is 2.70 bits per heavy atom. The Morgan fingerprint density at radius 1 is 1.22 bits per heavy atom. The minimum absolute atomic E-state index is 0.540. The fraction of sp³-hybridized carbons (Fsp3) is 0.286. The number of nitrogens with zero attached hydrogens (tertiary/aromatic N) is 2. The van der Waals surface area contributed by atoms with Crippen LogP contribution in [0.4, 0.5) is 11.5 Å². The minimum Gasteiger partial charge on any atom is -0.495 e. The highest BCUT2D eigenvalue weighted by molar-refractivity contribution is 7.18. The zero-order chi connectivity index (χ0) is 19.4. The number of nitrogens with two attached hydrogens (primary N) is 2. The normalized spacial score (nSPS) is 11.7. The Balaban J connectivity index is 2.02. The minimum atomic E-state index is 0.540. The number of hydrogen-bond acceptors (Lipinski definition) is 6. The molecule has 2 heterocycles. The molecule has 0 atom stereocenters. The van der Waals surface area contributed by atoms with Crippen molar-refractivity contribution in [2.45, 2.75) is 13.8 Å². The van der Waals surface area contributed by atoms with Crippen LogP contribution in [0.3, 0.4) is 0 Å². The highest BCUT2D eigenvalue weighted by Gasteiger charge is 2.14. The van der Waals surface area contributed by atoms with E-state index in [1.54, 1.807) is 18.4 Å². The molecule has 5 nitrogen and oxygen atoms in total. The number of aromatic nitrogens is 1. The van der Waals surface area contributed by atoms with Gasteiger partial charge < -0.3 is 21.1 Å². The van der Waals surface area contributed by atoms with E-state index in [1.165, 1.54) is 0 Å². The second-order valence-corrected chi connectivity index (χ2v) is 7.18. The van der Waals surface area contributed by atoms with E-state index in [-0.39, 0.29) is 0 Å². The highest BCUT2D eigenvalue weighted by atomic mass is 32.1. The van der Waals surface area contributed by atoms with Crippen molar-refractivity contribution < 1.29 is 4.74 Å². The Labute approximate surface area is 164 Å². The number of ether oxygens (including phenoxy) is 1. The molecule has 6 heteroatoms. The molecule has 0 bridgehead atoms. The number of methoxy groups -OCH3 is 1. The summed E-state index contributed by atoms with van der Waals surface area (Å²) >= 11 is 1.68. The zero-order valence-electron chi connectivity index (χ0n) is 16.0. The van der Waals surface area contributed by atoms with Gasteiger partial charge in [0.05, 0.1) is 12.8 Å². The molecule has 4 N–H and O–H groups in total. The predicted octanol–water partition coefficient (Wildman–Crippen LogP) is 4.49. The van der Waals surface area contributed by atoms with E-state index in [0.29, 0.717) is 17.3 Å². The summed E-state index contributed by atoms with van der Waals surface area (Å²) < 4.78 is 6.50. The maximum atomic E-state index is 6.24. The lowest BCUT2D eigenvalue weighted by Gasteiger charge is -2.14. The molecule has 0 radical (unpaired) electrons. The van der Waals surface area contributed by atoms with Crippen LogP contribution in [-0.4, -0.2) is 36.6 Å². The molecule has 0 amide bonds. The first-order chi connectivity index (χ1) is 13.1. The van der Waals surface area contributed by atoms with Gasteiger partial charge in [-0.2, -0.15) is 0 Å². The number of thiophene rings is 1. The number of benzene rings is 1. The van der Waals surface area contributed by atoms with Crippen LogP contribution in [0.15, 0.2) is 35.9 Å². The molecule has 1 aromatic carbocycles. The number of likely N-dealkylation sites (N-methyl/N-ethyl adjacent to an activating group) is 1. The quantitative estimate of drug-likeness (QED) is 0.589. The van der Waals surface area contributed by atoms with Gasteiger partial charge in [0.25, 0.3) is 0 Å². The lowest BCUT2D eigenvalue weighted by Crippen LogP contribution is -2.22. The Bertz CT molecular complexity index is 960. The second-order valence-electron chi connectivity index (χ2n) is 6.30. The van der Waals surface area contributed by atoms with Crippen molar-refractivity contribution in [3.8, 4) is 16.9 Å². The maximum absolute atomic E-state index is 6.24. The topological polar surface area (TPSA) is 77.4 Å². The molecule has 0 aliphatic rings. The first kappa shape index (κ1) is 19.2. The molecule has 0 aliphatic carbocycles. The van der Waals surface area contributed by atoms with E-state index in [4.69, 9.17) is 16.2 Å². The third-order valence-electron chi connectivity index (χ3n) is 4.75. The summed E-state index contributed by atoms with van der Waals surface area (Å²) in [7, 11) is 1.62. The second kappa shape index (κ2) is 8.41. The van der Waals surface area contributed by atoms with Gasteiger partial charge in [-0.15, -0.1) is 11.3 Å². The van der Waals surface area contributed by atoms with Gasteiger partial charge in [0.1, 0.15) is 11.6 Å². The van der Waals surface area contributed by atoms with Gasteiger partial charge >= 0.3 is 0 Å². The largest absolute Gasteiger partial charge is 0.495 e. The van der Waals surface area contributed by atoms with E-state index in [0.717, 1.165) is 46.4 Å². The first-order valence-electron chi connectivity index (χ1n) is 9.07.